The Labute approximate surface area is 98.6 Å². The minimum atomic E-state index is 0.000770. The molecule has 5 heteroatoms. The number of nitrogens with one attached hydrogen (secondary N) is 1. The van der Waals surface area contributed by atoms with Crippen LogP contribution < -0.4 is 10.2 Å². The number of hydrogen-bond donors (Lipinski definition) is 1. The molecule has 0 atom stereocenters. The molecule has 0 fully saturated rings. The van der Waals surface area contributed by atoms with Gasteiger partial charge < -0.3 is 9.88 Å². The monoisotopic (exact) mass is 240 g/mol. The molecule has 1 aromatic rings. The van der Waals surface area contributed by atoms with Crippen molar-refractivity contribution in [2.24, 2.45) is 0 Å². The molecule has 1 amide bonds. The minimum absolute atomic E-state index is 0.000770. The lowest BCUT2D eigenvalue weighted by Crippen LogP contribution is -2.24. The molecule has 0 saturated carbocycles. The Bertz CT molecular complexity index is 420. The van der Waals surface area contributed by atoms with Crippen molar-refractivity contribution in [3.8, 4) is 0 Å². The molecule has 1 rings (SSSR count). The highest BCUT2D eigenvalue weighted by molar-refractivity contribution is 7.07. The van der Waals surface area contributed by atoms with Gasteiger partial charge in [0.25, 0.3) is 0 Å². The van der Waals surface area contributed by atoms with Crippen molar-refractivity contribution in [3.63, 3.8) is 0 Å². The normalized spacial score (nSPS) is 10.1. The van der Waals surface area contributed by atoms with E-state index < -0.39 is 0 Å². The zero-order chi connectivity index (χ0) is 12.0. The Kier molecular flexibility index (Phi) is 4.98. The molecule has 88 valence electrons. The van der Waals surface area contributed by atoms with Crippen molar-refractivity contribution in [3.05, 3.63) is 33.4 Å². The molecule has 0 bridgehead atoms. The van der Waals surface area contributed by atoms with Crippen molar-refractivity contribution in [2.45, 2.75) is 26.3 Å². The highest BCUT2D eigenvalue weighted by atomic mass is 32.1. The van der Waals surface area contributed by atoms with Gasteiger partial charge in [-0.25, -0.2) is 0 Å². The first kappa shape index (κ1) is 12.7. The Balaban J connectivity index is 2.33. The van der Waals surface area contributed by atoms with Gasteiger partial charge in [-0.05, 0) is 13.3 Å². The first-order chi connectivity index (χ1) is 7.65. The molecule has 1 N–H and O–H groups in total. The van der Waals surface area contributed by atoms with E-state index in [1.807, 2.05) is 12.3 Å². The molecule has 4 nitrogen and oxygen atoms in total. The quantitative estimate of drug-likeness (QED) is 0.762. The van der Waals surface area contributed by atoms with E-state index in [0.29, 0.717) is 25.9 Å². The van der Waals surface area contributed by atoms with Crippen LogP contribution in [0.4, 0.5) is 0 Å². The Hall–Kier alpha value is -1.36. The Morgan fingerprint density at radius 1 is 1.69 bits per heavy atom. The minimum Gasteiger partial charge on any atom is -0.353 e. The lowest BCUT2D eigenvalue weighted by Gasteiger charge is -2.04. The third-order valence-electron chi connectivity index (χ3n) is 2.21. The summed E-state index contributed by atoms with van der Waals surface area (Å²) in [5, 5.41) is 4.53. The molecular weight excluding hydrogens is 224 g/mol. The highest BCUT2D eigenvalue weighted by Gasteiger charge is 2.04. The van der Waals surface area contributed by atoms with Crippen molar-refractivity contribution >= 4 is 17.2 Å². The summed E-state index contributed by atoms with van der Waals surface area (Å²) in [6, 6.07) is 0. The molecule has 1 aromatic heterocycles. The van der Waals surface area contributed by atoms with Crippen molar-refractivity contribution in [1.82, 2.24) is 9.88 Å². The predicted molar refractivity (Wildman–Crippen MR) is 65.8 cm³/mol. The van der Waals surface area contributed by atoms with Crippen LogP contribution in [-0.4, -0.2) is 17.0 Å². The number of rotatable bonds is 6. The third-order valence-corrected chi connectivity index (χ3v) is 3.09. The summed E-state index contributed by atoms with van der Waals surface area (Å²) in [6.45, 7) is 6.52. The van der Waals surface area contributed by atoms with Gasteiger partial charge in [0, 0.05) is 30.6 Å². The SMILES string of the molecule is C=CCNC(=O)CCCn1c(C)csc1=O. The molecule has 0 saturated heterocycles. The molecular formula is C11H16N2O2S. The summed E-state index contributed by atoms with van der Waals surface area (Å²) in [4.78, 5) is 22.7. The number of hydrogen-bond acceptors (Lipinski definition) is 3. The molecule has 0 aliphatic rings. The van der Waals surface area contributed by atoms with Crippen LogP contribution in [0.1, 0.15) is 18.5 Å². The molecule has 0 unspecified atom stereocenters. The molecule has 16 heavy (non-hydrogen) atoms. The van der Waals surface area contributed by atoms with Gasteiger partial charge in [0.2, 0.25) is 5.91 Å². The predicted octanol–water partition coefficient (Wildman–Crippen LogP) is 1.30. The number of aryl methyl sites for hydroxylation is 1. The number of thiazole rings is 1. The maximum atomic E-state index is 11.4. The summed E-state index contributed by atoms with van der Waals surface area (Å²) in [5.41, 5.74) is 0.960. The number of amides is 1. The third kappa shape index (κ3) is 3.66. The molecule has 0 aromatic carbocycles. The summed E-state index contributed by atoms with van der Waals surface area (Å²) >= 11 is 1.20. The van der Waals surface area contributed by atoms with Crippen LogP contribution in [0.25, 0.3) is 0 Å². The average Bonchev–Trinajstić information content (AvgIpc) is 2.57. The first-order valence-electron chi connectivity index (χ1n) is 5.17. The van der Waals surface area contributed by atoms with Gasteiger partial charge >= 0.3 is 4.87 Å². The van der Waals surface area contributed by atoms with Crippen LogP contribution in [0.15, 0.2) is 22.8 Å². The van der Waals surface area contributed by atoms with E-state index in [9.17, 15) is 9.59 Å². The molecule has 0 aliphatic carbocycles. The number of nitrogens with zero attached hydrogens (tertiary/aromatic N) is 1. The van der Waals surface area contributed by atoms with E-state index in [2.05, 4.69) is 11.9 Å². The molecule has 1 heterocycles. The van der Waals surface area contributed by atoms with E-state index in [1.165, 1.54) is 11.3 Å². The Morgan fingerprint density at radius 2 is 2.44 bits per heavy atom. The maximum Gasteiger partial charge on any atom is 0.307 e. The summed E-state index contributed by atoms with van der Waals surface area (Å²) < 4.78 is 1.70. The van der Waals surface area contributed by atoms with Gasteiger partial charge in [-0.2, -0.15) is 0 Å². The molecule has 0 spiro atoms. The zero-order valence-corrected chi connectivity index (χ0v) is 10.2. The second kappa shape index (κ2) is 6.27. The lowest BCUT2D eigenvalue weighted by molar-refractivity contribution is -0.121. The van der Waals surface area contributed by atoms with Crippen molar-refractivity contribution in [1.29, 1.82) is 0 Å². The molecule has 0 radical (unpaired) electrons. The number of carbonyl (C=O) groups is 1. The smallest absolute Gasteiger partial charge is 0.307 e. The Morgan fingerprint density at radius 3 is 3.00 bits per heavy atom. The van der Waals surface area contributed by atoms with Crippen LogP contribution in [0.2, 0.25) is 0 Å². The first-order valence-corrected chi connectivity index (χ1v) is 6.05. The fraction of sp³-hybridized carbons (Fsp3) is 0.455. The van der Waals surface area contributed by atoms with Gasteiger partial charge in [-0.15, -0.1) is 6.58 Å². The highest BCUT2D eigenvalue weighted by Crippen LogP contribution is 2.02. The van der Waals surface area contributed by atoms with Crippen LogP contribution in [0, 0.1) is 6.92 Å². The fourth-order valence-corrected chi connectivity index (χ4v) is 2.11. The lowest BCUT2D eigenvalue weighted by atomic mass is 10.3. The van der Waals surface area contributed by atoms with Crippen LogP contribution in [-0.2, 0) is 11.3 Å². The number of aromatic nitrogens is 1. The zero-order valence-electron chi connectivity index (χ0n) is 9.36. The second-order valence-corrected chi connectivity index (χ2v) is 4.31. The van der Waals surface area contributed by atoms with E-state index in [4.69, 9.17) is 0 Å². The van der Waals surface area contributed by atoms with E-state index in [-0.39, 0.29) is 10.8 Å². The van der Waals surface area contributed by atoms with Gasteiger partial charge in [0.1, 0.15) is 0 Å². The van der Waals surface area contributed by atoms with Crippen LogP contribution in [0.5, 0.6) is 0 Å². The average molecular weight is 240 g/mol. The summed E-state index contributed by atoms with van der Waals surface area (Å²) in [6.07, 6.45) is 2.77. The number of carbonyl (C=O) groups excluding carboxylic acids is 1. The molecule has 0 aliphatic heterocycles. The van der Waals surface area contributed by atoms with E-state index in [1.54, 1.807) is 10.6 Å². The topological polar surface area (TPSA) is 51.1 Å². The van der Waals surface area contributed by atoms with Gasteiger partial charge in [-0.3, -0.25) is 9.59 Å². The fourth-order valence-electron chi connectivity index (χ4n) is 1.35. The van der Waals surface area contributed by atoms with Gasteiger partial charge in [-0.1, -0.05) is 17.4 Å². The van der Waals surface area contributed by atoms with Gasteiger partial charge in [0.05, 0.1) is 0 Å². The van der Waals surface area contributed by atoms with E-state index in [0.717, 1.165) is 5.69 Å². The van der Waals surface area contributed by atoms with Crippen LogP contribution >= 0.6 is 11.3 Å². The van der Waals surface area contributed by atoms with Crippen LogP contribution in [0.3, 0.4) is 0 Å². The van der Waals surface area contributed by atoms with Crippen molar-refractivity contribution in [2.75, 3.05) is 6.54 Å². The second-order valence-electron chi connectivity index (χ2n) is 3.49. The van der Waals surface area contributed by atoms with E-state index >= 15 is 0 Å². The maximum absolute atomic E-state index is 11.4. The largest absolute Gasteiger partial charge is 0.353 e. The summed E-state index contributed by atoms with van der Waals surface area (Å²) in [7, 11) is 0. The standard InChI is InChI=1S/C11H16N2O2S/c1-3-6-12-10(14)5-4-7-13-9(2)8-16-11(13)15/h3,8H,1,4-7H2,2H3,(H,12,14). The summed E-state index contributed by atoms with van der Waals surface area (Å²) in [5.74, 6) is 0.000770. The van der Waals surface area contributed by atoms with Gasteiger partial charge in [0.15, 0.2) is 0 Å². The van der Waals surface area contributed by atoms with Crippen molar-refractivity contribution < 1.29 is 4.79 Å².